The molecule has 0 atom stereocenters. The van der Waals surface area contributed by atoms with Crippen molar-refractivity contribution in [3.63, 3.8) is 0 Å². The lowest BCUT2D eigenvalue weighted by molar-refractivity contribution is 0.417. The van der Waals surface area contributed by atoms with Gasteiger partial charge in [0, 0.05) is 12.5 Å². The van der Waals surface area contributed by atoms with E-state index < -0.39 is 0 Å². The molecule has 0 aliphatic carbocycles. The maximum Gasteiger partial charge on any atom is 0.294 e. The van der Waals surface area contributed by atoms with Crippen LogP contribution >= 0.6 is 0 Å². The number of aromatic nitrogens is 1. The van der Waals surface area contributed by atoms with Crippen molar-refractivity contribution in [3.8, 4) is 0 Å². The quantitative estimate of drug-likeness (QED) is 0.672. The normalized spacial score (nSPS) is 11.6. The zero-order valence-corrected chi connectivity index (χ0v) is 7.43. The highest BCUT2D eigenvalue weighted by molar-refractivity contribution is 5.21. The van der Waals surface area contributed by atoms with Crippen molar-refractivity contribution in [1.29, 1.82) is 0 Å². The Morgan fingerprint density at radius 3 is 2.36 bits per heavy atom. The maximum absolute atomic E-state index is 5.38. The van der Waals surface area contributed by atoms with Gasteiger partial charge in [-0.05, 0) is 0 Å². The highest BCUT2D eigenvalue weighted by Crippen LogP contribution is 2.23. The summed E-state index contributed by atoms with van der Waals surface area (Å²) >= 11 is 0. The van der Waals surface area contributed by atoms with Gasteiger partial charge in [-0.15, -0.1) is 0 Å². The second-order valence-electron chi connectivity index (χ2n) is 3.53. The molecule has 1 aromatic heterocycles. The van der Waals surface area contributed by atoms with E-state index in [0.29, 0.717) is 6.01 Å². The fraction of sp³-hybridized carbons (Fsp3) is 0.625. The van der Waals surface area contributed by atoms with Gasteiger partial charge in [0.05, 0.1) is 6.20 Å². The minimum absolute atomic E-state index is 0.0437. The third kappa shape index (κ3) is 1.73. The average molecular weight is 154 g/mol. The highest BCUT2D eigenvalue weighted by Gasteiger charge is 2.18. The van der Waals surface area contributed by atoms with E-state index in [1.54, 1.807) is 13.2 Å². The molecule has 62 valence electrons. The number of hydrogen-bond donors (Lipinski definition) is 1. The Bertz CT molecular complexity index is 234. The van der Waals surface area contributed by atoms with Gasteiger partial charge in [0.25, 0.3) is 6.01 Å². The van der Waals surface area contributed by atoms with Gasteiger partial charge in [-0.3, -0.25) is 0 Å². The summed E-state index contributed by atoms with van der Waals surface area (Å²) in [6.45, 7) is 6.27. The topological polar surface area (TPSA) is 38.1 Å². The van der Waals surface area contributed by atoms with Crippen molar-refractivity contribution in [2.24, 2.45) is 0 Å². The summed E-state index contributed by atoms with van der Waals surface area (Å²) in [4.78, 5) is 4.02. The monoisotopic (exact) mass is 154 g/mol. The fourth-order valence-electron chi connectivity index (χ4n) is 0.736. The minimum Gasteiger partial charge on any atom is -0.428 e. The van der Waals surface area contributed by atoms with E-state index in [1.807, 2.05) is 0 Å². The predicted molar refractivity (Wildman–Crippen MR) is 44.7 cm³/mol. The van der Waals surface area contributed by atoms with Crippen LogP contribution in [0.4, 0.5) is 6.01 Å². The van der Waals surface area contributed by atoms with Crippen molar-refractivity contribution in [3.05, 3.63) is 12.0 Å². The summed E-state index contributed by atoms with van der Waals surface area (Å²) in [6.07, 6.45) is 1.76. The molecule has 0 amide bonds. The molecule has 0 saturated heterocycles. The first-order valence-corrected chi connectivity index (χ1v) is 3.68. The van der Waals surface area contributed by atoms with E-state index >= 15 is 0 Å². The highest BCUT2D eigenvalue weighted by atomic mass is 16.4. The van der Waals surface area contributed by atoms with Crippen LogP contribution in [0.15, 0.2) is 10.6 Å². The molecule has 11 heavy (non-hydrogen) atoms. The molecular weight excluding hydrogens is 140 g/mol. The van der Waals surface area contributed by atoms with Gasteiger partial charge in [-0.1, -0.05) is 20.8 Å². The summed E-state index contributed by atoms with van der Waals surface area (Å²) in [6, 6.07) is 0.579. The van der Waals surface area contributed by atoms with Gasteiger partial charge in [-0.2, -0.15) is 0 Å². The van der Waals surface area contributed by atoms with Crippen LogP contribution in [-0.4, -0.2) is 12.0 Å². The molecule has 1 aromatic rings. The van der Waals surface area contributed by atoms with Crippen molar-refractivity contribution in [2.75, 3.05) is 12.4 Å². The van der Waals surface area contributed by atoms with Gasteiger partial charge in [0.1, 0.15) is 5.76 Å². The molecule has 0 spiro atoms. The first-order valence-electron chi connectivity index (χ1n) is 3.68. The lowest BCUT2D eigenvalue weighted by atomic mass is 9.94. The molecule has 0 saturated carbocycles. The van der Waals surface area contributed by atoms with E-state index in [0.717, 1.165) is 5.76 Å². The van der Waals surface area contributed by atoms with Gasteiger partial charge in [0.15, 0.2) is 0 Å². The number of anilines is 1. The smallest absolute Gasteiger partial charge is 0.294 e. The Labute approximate surface area is 66.8 Å². The summed E-state index contributed by atoms with van der Waals surface area (Å²) in [5.74, 6) is 0.904. The van der Waals surface area contributed by atoms with Gasteiger partial charge in [0.2, 0.25) is 0 Å². The van der Waals surface area contributed by atoms with Crippen LogP contribution < -0.4 is 5.32 Å². The molecule has 1 heterocycles. The van der Waals surface area contributed by atoms with E-state index in [1.165, 1.54) is 0 Å². The SMILES string of the molecule is CNc1ncc(C(C)(C)C)o1. The van der Waals surface area contributed by atoms with Crippen LogP contribution in [0.3, 0.4) is 0 Å². The number of oxazole rings is 1. The third-order valence-electron chi connectivity index (χ3n) is 1.46. The van der Waals surface area contributed by atoms with Crippen molar-refractivity contribution >= 4 is 6.01 Å². The summed E-state index contributed by atoms with van der Waals surface area (Å²) in [7, 11) is 1.79. The number of rotatable bonds is 1. The van der Waals surface area contributed by atoms with E-state index in [4.69, 9.17) is 4.42 Å². The molecule has 0 unspecified atom stereocenters. The lowest BCUT2D eigenvalue weighted by Crippen LogP contribution is -2.09. The first-order chi connectivity index (χ1) is 5.04. The Hall–Kier alpha value is -0.990. The Kier molecular flexibility index (Phi) is 1.89. The molecule has 0 radical (unpaired) electrons. The van der Waals surface area contributed by atoms with Crippen molar-refractivity contribution in [1.82, 2.24) is 4.98 Å². The van der Waals surface area contributed by atoms with Crippen molar-refractivity contribution < 1.29 is 4.42 Å². The van der Waals surface area contributed by atoms with Crippen LogP contribution in [0.25, 0.3) is 0 Å². The largest absolute Gasteiger partial charge is 0.428 e. The number of hydrogen-bond acceptors (Lipinski definition) is 3. The number of nitrogens with one attached hydrogen (secondary N) is 1. The molecule has 1 rings (SSSR count). The predicted octanol–water partition coefficient (Wildman–Crippen LogP) is 2.01. The van der Waals surface area contributed by atoms with Gasteiger partial charge >= 0.3 is 0 Å². The molecular formula is C8H14N2O. The van der Waals surface area contributed by atoms with Crippen LogP contribution in [0, 0.1) is 0 Å². The summed E-state index contributed by atoms with van der Waals surface area (Å²) in [5, 5.41) is 2.84. The van der Waals surface area contributed by atoms with E-state index in [9.17, 15) is 0 Å². The average Bonchev–Trinajstić information content (AvgIpc) is 2.32. The Morgan fingerprint density at radius 1 is 1.45 bits per heavy atom. The molecule has 0 fully saturated rings. The molecule has 1 N–H and O–H groups in total. The minimum atomic E-state index is 0.0437. The van der Waals surface area contributed by atoms with Crippen LogP contribution in [0.1, 0.15) is 26.5 Å². The lowest BCUT2D eigenvalue weighted by Gasteiger charge is -2.12. The summed E-state index contributed by atoms with van der Waals surface area (Å²) < 4.78 is 5.38. The Balaban J connectivity index is 2.89. The van der Waals surface area contributed by atoms with Crippen LogP contribution in [0.5, 0.6) is 0 Å². The maximum atomic E-state index is 5.38. The molecule has 0 bridgehead atoms. The van der Waals surface area contributed by atoms with E-state index in [-0.39, 0.29) is 5.41 Å². The fourth-order valence-corrected chi connectivity index (χ4v) is 0.736. The first kappa shape index (κ1) is 8.11. The van der Waals surface area contributed by atoms with Crippen molar-refractivity contribution in [2.45, 2.75) is 26.2 Å². The summed E-state index contributed by atoms with van der Waals surface area (Å²) in [5.41, 5.74) is 0.0437. The standard InChI is InChI=1S/C8H14N2O/c1-8(2,3)6-5-10-7(9-4)11-6/h5H,1-4H3,(H,9,10). The second kappa shape index (κ2) is 2.57. The zero-order chi connectivity index (χ0) is 8.48. The molecule has 0 aromatic carbocycles. The van der Waals surface area contributed by atoms with Gasteiger partial charge in [-0.25, -0.2) is 4.98 Å². The third-order valence-corrected chi connectivity index (χ3v) is 1.46. The molecule has 0 aliphatic rings. The van der Waals surface area contributed by atoms with E-state index in [2.05, 4.69) is 31.1 Å². The molecule has 3 heteroatoms. The van der Waals surface area contributed by atoms with Gasteiger partial charge < -0.3 is 9.73 Å². The second-order valence-corrected chi connectivity index (χ2v) is 3.53. The Morgan fingerprint density at radius 2 is 2.09 bits per heavy atom. The molecule has 0 aliphatic heterocycles. The molecule has 3 nitrogen and oxygen atoms in total. The number of nitrogens with zero attached hydrogens (tertiary/aromatic N) is 1. The van der Waals surface area contributed by atoms with Crippen LogP contribution in [-0.2, 0) is 5.41 Å². The van der Waals surface area contributed by atoms with Crippen LogP contribution in [0.2, 0.25) is 0 Å². The zero-order valence-electron chi connectivity index (χ0n) is 7.43.